The molecule has 2 fully saturated rings. The number of nitrogens with zero attached hydrogens (tertiary/aromatic N) is 3. The van der Waals surface area contributed by atoms with E-state index in [1.54, 1.807) is 24.0 Å². The lowest BCUT2D eigenvalue weighted by atomic mass is 9.89. The van der Waals surface area contributed by atoms with Crippen LogP contribution in [0.2, 0.25) is 0 Å². The Kier molecular flexibility index (Phi) is 4.15. The van der Waals surface area contributed by atoms with E-state index in [-0.39, 0.29) is 12.0 Å². The van der Waals surface area contributed by atoms with Gasteiger partial charge in [0, 0.05) is 26.3 Å². The maximum absolute atomic E-state index is 12.4. The summed E-state index contributed by atoms with van der Waals surface area (Å²) in [6.07, 6.45) is 4.11. The zero-order valence-corrected chi connectivity index (χ0v) is 12.6. The summed E-state index contributed by atoms with van der Waals surface area (Å²) >= 11 is 0. The summed E-state index contributed by atoms with van der Waals surface area (Å²) in [6.45, 7) is 1.37. The molecule has 2 aliphatic heterocycles. The number of carboxylic acids is 1. The fourth-order valence-electron chi connectivity index (χ4n) is 3.41. The van der Waals surface area contributed by atoms with E-state index in [2.05, 4.69) is 5.10 Å². The summed E-state index contributed by atoms with van der Waals surface area (Å²) in [4.78, 5) is 25.2. The topological polar surface area (TPSA) is 84.7 Å². The highest BCUT2D eigenvalue weighted by atomic mass is 16.5. The molecular weight excluding hydrogens is 286 g/mol. The first-order valence-electron chi connectivity index (χ1n) is 7.72. The zero-order chi connectivity index (χ0) is 15.7. The predicted octanol–water partition coefficient (Wildman–Crippen LogP) is 0.905. The van der Waals surface area contributed by atoms with Crippen molar-refractivity contribution >= 4 is 11.9 Å². The Labute approximate surface area is 128 Å². The third-order valence-corrected chi connectivity index (χ3v) is 4.72. The SMILES string of the molecule is Cn1nccc1C(=O)N1CCC([C@@H]2CC[C@H](C(=O)O)O2)CC1. The van der Waals surface area contributed by atoms with Gasteiger partial charge >= 0.3 is 5.97 Å². The molecule has 0 bridgehead atoms. The molecule has 7 nitrogen and oxygen atoms in total. The maximum atomic E-state index is 12.4. The third kappa shape index (κ3) is 2.85. The Morgan fingerprint density at radius 2 is 2.00 bits per heavy atom. The van der Waals surface area contributed by atoms with Crippen molar-refractivity contribution in [3.63, 3.8) is 0 Å². The Bertz CT molecular complexity index is 563. The van der Waals surface area contributed by atoms with Crippen LogP contribution in [0.5, 0.6) is 0 Å². The normalized spacial score (nSPS) is 26.3. The van der Waals surface area contributed by atoms with Crippen molar-refractivity contribution in [2.75, 3.05) is 13.1 Å². The van der Waals surface area contributed by atoms with Gasteiger partial charge in [-0.3, -0.25) is 9.48 Å². The number of aliphatic carboxylic acids is 1. The molecule has 120 valence electrons. The van der Waals surface area contributed by atoms with Crippen LogP contribution in [0.15, 0.2) is 12.3 Å². The van der Waals surface area contributed by atoms with Gasteiger partial charge in [0.2, 0.25) is 0 Å². The molecule has 0 aromatic carbocycles. The minimum Gasteiger partial charge on any atom is -0.479 e. The van der Waals surface area contributed by atoms with Crippen LogP contribution < -0.4 is 0 Å². The van der Waals surface area contributed by atoms with Gasteiger partial charge in [0.05, 0.1) is 6.10 Å². The van der Waals surface area contributed by atoms with Crippen LogP contribution in [0.4, 0.5) is 0 Å². The third-order valence-electron chi connectivity index (χ3n) is 4.72. The largest absolute Gasteiger partial charge is 0.479 e. The molecule has 1 aromatic rings. The van der Waals surface area contributed by atoms with Crippen LogP contribution in [0.25, 0.3) is 0 Å². The molecule has 22 heavy (non-hydrogen) atoms. The number of likely N-dealkylation sites (tertiary alicyclic amines) is 1. The van der Waals surface area contributed by atoms with Crippen LogP contribution in [-0.4, -0.2) is 57.0 Å². The molecule has 7 heteroatoms. The highest BCUT2D eigenvalue weighted by Crippen LogP contribution is 2.32. The highest BCUT2D eigenvalue weighted by Gasteiger charge is 2.37. The van der Waals surface area contributed by atoms with Gasteiger partial charge in [-0.25, -0.2) is 4.79 Å². The molecule has 0 aliphatic carbocycles. The van der Waals surface area contributed by atoms with Crippen LogP contribution in [0.3, 0.4) is 0 Å². The van der Waals surface area contributed by atoms with Gasteiger partial charge < -0.3 is 14.7 Å². The number of piperidine rings is 1. The lowest BCUT2D eigenvalue weighted by Gasteiger charge is -2.34. The number of aryl methyl sites for hydroxylation is 1. The van der Waals surface area contributed by atoms with Crippen LogP contribution in [0, 0.1) is 5.92 Å². The lowest BCUT2D eigenvalue weighted by Crippen LogP contribution is -2.42. The first kappa shape index (κ1) is 15.0. The van der Waals surface area contributed by atoms with E-state index < -0.39 is 12.1 Å². The molecule has 1 amide bonds. The Morgan fingerprint density at radius 3 is 2.55 bits per heavy atom. The van der Waals surface area contributed by atoms with Gasteiger partial charge in [0.1, 0.15) is 5.69 Å². The van der Waals surface area contributed by atoms with E-state index in [1.807, 2.05) is 4.90 Å². The van der Waals surface area contributed by atoms with E-state index >= 15 is 0 Å². The average molecular weight is 307 g/mol. The van der Waals surface area contributed by atoms with Crippen molar-refractivity contribution in [3.8, 4) is 0 Å². The van der Waals surface area contributed by atoms with Crippen molar-refractivity contribution in [2.45, 2.75) is 37.9 Å². The van der Waals surface area contributed by atoms with Gasteiger partial charge in [-0.05, 0) is 37.7 Å². The maximum Gasteiger partial charge on any atom is 0.332 e. The van der Waals surface area contributed by atoms with Crippen molar-refractivity contribution in [1.29, 1.82) is 0 Å². The fraction of sp³-hybridized carbons (Fsp3) is 0.667. The van der Waals surface area contributed by atoms with Crippen LogP contribution in [-0.2, 0) is 16.6 Å². The average Bonchev–Trinajstić information content (AvgIpc) is 3.15. The number of hydrogen-bond donors (Lipinski definition) is 1. The molecule has 0 radical (unpaired) electrons. The van der Waals surface area contributed by atoms with Crippen molar-refractivity contribution in [3.05, 3.63) is 18.0 Å². The number of carboxylic acid groups (broad SMARTS) is 1. The number of carbonyl (C=O) groups is 2. The second kappa shape index (κ2) is 6.08. The number of carbonyl (C=O) groups excluding carboxylic acids is 1. The molecule has 2 saturated heterocycles. The minimum atomic E-state index is -0.869. The second-order valence-electron chi connectivity index (χ2n) is 6.05. The Morgan fingerprint density at radius 1 is 1.27 bits per heavy atom. The standard InChI is InChI=1S/C15H21N3O4/c1-17-11(4-7-16-17)14(19)18-8-5-10(6-9-18)12-2-3-13(22-12)15(20)21/h4,7,10,12-13H,2-3,5-6,8-9H2,1H3,(H,20,21)/t12-,13+/m0/s1. The van der Waals surface area contributed by atoms with Crippen molar-refractivity contribution in [1.82, 2.24) is 14.7 Å². The summed E-state index contributed by atoms with van der Waals surface area (Å²) in [5.74, 6) is -0.513. The van der Waals surface area contributed by atoms with Crippen LogP contribution >= 0.6 is 0 Å². The summed E-state index contributed by atoms with van der Waals surface area (Å²) < 4.78 is 7.22. The first-order valence-corrected chi connectivity index (χ1v) is 7.72. The molecule has 0 unspecified atom stereocenters. The second-order valence-corrected chi connectivity index (χ2v) is 6.05. The molecule has 3 heterocycles. The van der Waals surface area contributed by atoms with Gasteiger partial charge in [-0.1, -0.05) is 0 Å². The van der Waals surface area contributed by atoms with Gasteiger partial charge in [0.15, 0.2) is 6.10 Å². The molecular formula is C15H21N3O4. The summed E-state index contributed by atoms with van der Waals surface area (Å²) in [5.41, 5.74) is 0.599. The number of amides is 1. The van der Waals surface area contributed by atoms with Gasteiger partial charge in [0.25, 0.3) is 5.91 Å². The molecule has 0 saturated carbocycles. The number of rotatable bonds is 3. The van der Waals surface area contributed by atoms with Crippen molar-refractivity contribution in [2.24, 2.45) is 13.0 Å². The lowest BCUT2D eigenvalue weighted by molar-refractivity contribution is -0.150. The Hall–Kier alpha value is -1.89. The number of aromatic nitrogens is 2. The molecule has 1 aromatic heterocycles. The number of ether oxygens (including phenoxy) is 1. The molecule has 2 aliphatic rings. The molecule has 2 atom stereocenters. The monoisotopic (exact) mass is 307 g/mol. The van der Waals surface area contributed by atoms with E-state index in [9.17, 15) is 9.59 Å². The van der Waals surface area contributed by atoms with E-state index in [0.29, 0.717) is 31.1 Å². The first-order chi connectivity index (χ1) is 10.6. The molecule has 3 rings (SSSR count). The summed E-state index contributed by atoms with van der Waals surface area (Å²) in [7, 11) is 1.76. The van der Waals surface area contributed by atoms with E-state index in [0.717, 1.165) is 19.3 Å². The summed E-state index contributed by atoms with van der Waals surface area (Å²) in [5, 5.41) is 13.0. The summed E-state index contributed by atoms with van der Waals surface area (Å²) in [6, 6.07) is 1.73. The van der Waals surface area contributed by atoms with Gasteiger partial charge in [-0.15, -0.1) is 0 Å². The predicted molar refractivity (Wildman–Crippen MR) is 77.4 cm³/mol. The quantitative estimate of drug-likeness (QED) is 0.897. The van der Waals surface area contributed by atoms with E-state index in [4.69, 9.17) is 9.84 Å². The zero-order valence-electron chi connectivity index (χ0n) is 12.6. The molecule has 0 spiro atoms. The van der Waals surface area contributed by atoms with Crippen molar-refractivity contribution < 1.29 is 19.4 Å². The van der Waals surface area contributed by atoms with E-state index in [1.165, 1.54) is 0 Å². The van der Waals surface area contributed by atoms with Crippen LogP contribution in [0.1, 0.15) is 36.2 Å². The number of hydrogen-bond acceptors (Lipinski definition) is 4. The molecule has 1 N–H and O–H groups in total. The fourth-order valence-corrected chi connectivity index (χ4v) is 3.41. The smallest absolute Gasteiger partial charge is 0.332 e. The van der Waals surface area contributed by atoms with Gasteiger partial charge in [-0.2, -0.15) is 5.10 Å². The Balaban J connectivity index is 1.54. The minimum absolute atomic E-state index is 0.00852. The highest BCUT2D eigenvalue weighted by molar-refractivity contribution is 5.92.